The smallest absolute Gasteiger partial charge is 0.0180 e. The molecule has 3 rings (SSSR count). The van der Waals surface area contributed by atoms with E-state index in [9.17, 15) is 0 Å². The second-order valence-electron chi connectivity index (χ2n) is 7.99. The third kappa shape index (κ3) is 3.55. The van der Waals surface area contributed by atoms with Crippen LogP contribution in [0.4, 0.5) is 0 Å². The molecule has 2 atom stereocenters. The van der Waals surface area contributed by atoms with Crippen molar-refractivity contribution in [2.75, 3.05) is 19.6 Å². The zero-order valence-electron chi connectivity index (χ0n) is 14.4. The van der Waals surface area contributed by atoms with Gasteiger partial charge in [-0.3, -0.25) is 0 Å². The molecule has 22 heavy (non-hydrogen) atoms. The van der Waals surface area contributed by atoms with Crippen LogP contribution in [0.25, 0.3) is 0 Å². The molecule has 0 bridgehead atoms. The maximum Gasteiger partial charge on any atom is 0.0180 e. The zero-order valence-corrected chi connectivity index (χ0v) is 14.4. The summed E-state index contributed by atoms with van der Waals surface area (Å²) in [6.07, 6.45) is 8.15. The first-order valence-corrected chi connectivity index (χ1v) is 9.11. The lowest BCUT2D eigenvalue weighted by Crippen LogP contribution is -2.38. The molecule has 2 aliphatic rings. The third-order valence-electron chi connectivity index (χ3n) is 6.03. The lowest BCUT2D eigenvalue weighted by molar-refractivity contribution is 0.135. The molecule has 1 saturated heterocycles. The normalized spacial score (nSPS) is 27.0. The number of benzene rings is 1. The SMILES string of the molecule is Cc1cccc(C(CN2CCC(N)C2)C2(C)CCCCC2)c1. The fraction of sp³-hybridized carbons (Fsp3) is 0.700. The van der Waals surface area contributed by atoms with Crippen molar-refractivity contribution in [1.82, 2.24) is 4.90 Å². The number of likely N-dealkylation sites (tertiary alicyclic amines) is 1. The summed E-state index contributed by atoms with van der Waals surface area (Å²) in [5.74, 6) is 0.651. The molecule has 2 N–H and O–H groups in total. The molecule has 1 aromatic rings. The Balaban J connectivity index is 1.84. The molecule has 0 spiro atoms. The van der Waals surface area contributed by atoms with E-state index in [2.05, 4.69) is 43.0 Å². The molecular weight excluding hydrogens is 268 g/mol. The van der Waals surface area contributed by atoms with Crippen molar-refractivity contribution in [3.05, 3.63) is 35.4 Å². The molecule has 1 aromatic carbocycles. The van der Waals surface area contributed by atoms with Crippen molar-refractivity contribution in [3.63, 3.8) is 0 Å². The Morgan fingerprint density at radius 2 is 2.05 bits per heavy atom. The average Bonchev–Trinajstić information content (AvgIpc) is 2.91. The first-order valence-electron chi connectivity index (χ1n) is 9.11. The van der Waals surface area contributed by atoms with Crippen LogP contribution in [0.1, 0.15) is 62.5 Å². The molecule has 1 heterocycles. The van der Waals surface area contributed by atoms with E-state index < -0.39 is 0 Å². The van der Waals surface area contributed by atoms with E-state index in [0.717, 1.165) is 13.0 Å². The highest BCUT2D eigenvalue weighted by molar-refractivity contribution is 5.28. The minimum Gasteiger partial charge on any atom is -0.326 e. The molecule has 2 nitrogen and oxygen atoms in total. The van der Waals surface area contributed by atoms with Crippen molar-refractivity contribution in [1.29, 1.82) is 0 Å². The van der Waals surface area contributed by atoms with Gasteiger partial charge in [0.25, 0.3) is 0 Å². The molecule has 0 radical (unpaired) electrons. The average molecular weight is 300 g/mol. The van der Waals surface area contributed by atoms with Crippen LogP contribution in [-0.2, 0) is 0 Å². The summed E-state index contributed by atoms with van der Waals surface area (Å²) >= 11 is 0. The van der Waals surface area contributed by atoms with Crippen molar-refractivity contribution in [2.45, 2.75) is 64.3 Å². The number of rotatable bonds is 4. The van der Waals surface area contributed by atoms with Gasteiger partial charge in [-0.05, 0) is 43.7 Å². The molecule has 1 aliphatic heterocycles. The van der Waals surface area contributed by atoms with E-state index in [1.807, 2.05) is 0 Å². The third-order valence-corrected chi connectivity index (χ3v) is 6.03. The van der Waals surface area contributed by atoms with Gasteiger partial charge in [0.1, 0.15) is 0 Å². The lowest BCUT2D eigenvalue weighted by Gasteiger charge is -2.43. The molecule has 122 valence electrons. The predicted molar refractivity (Wildman–Crippen MR) is 94.1 cm³/mol. The summed E-state index contributed by atoms with van der Waals surface area (Å²) in [5.41, 5.74) is 9.53. The van der Waals surface area contributed by atoms with Crippen LogP contribution in [0.3, 0.4) is 0 Å². The van der Waals surface area contributed by atoms with E-state index in [1.54, 1.807) is 5.56 Å². The Morgan fingerprint density at radius 3 is 2.68 bits per heavy atom. The molecule has 2 heteroatoms. The molecule has 0 aromatic heterocycles. The van der Waals surface area contributed by atoms with E-state index in [4.69, 9.17) is 5.73 Å². The minimum absolute atomic E-state index is 0.386. The van der Waals surface area contributed by atoms with Crippen molar-refractivity contribution >= 4 is 0 Å². The summed E-state index contributed by atoms with van der Waals surface area (Å²) in [5, 5.41) is 0. The predicted octanol–water partition coefficient (Wildman–Crippen LogP) is 4.08. The van der Waals surface area contributed by atoms with Gasteiger partial charge >= 0.3 is 0 Å². The summed E-state index contributed by atoms with van der Waals surface area (Å²) < 4.78 is 0. The zero-order chi connectivity index (χ0) is 15.6. The first-order chi connectivity index (χ1) is 10.6. The number of hydrogen-bond donors (Lipinski definition) is 1. The molecular formula is C20H32N2. The summed E-state index contributed by atoms with van der Waals surface area (Å²) in [7, 11) is 0. The first kappa shape index (κ1) is 16.0. The van der Waals surface area contributed by atoms with Crippen molar-refractivity contribution < 1.29 is 0 Å². The van der Waals surface area contributed by atoms with Gasteiger partial charge in [0.2, 0.25) is 0 Å². The quantitative estimate of drug-likeness (QED) is 0.907. The van der Waals surface area contributed by atoms with Crippen LogP contribution in [0.15, 0.2) is 24.3 Å². The van der Waals surface area contributed by atoms with Gasteiger partial charge in [-0.15, -0.1) is 0 Å². The monoisotopic (exact) mass is 300 g/mol. The standard InChI is InChI=1S/C20H32N2/c1-16-7-6-8-17(13-16)19(15-22-12-9-18(21)14-22)20(2)10-4-3-5-11-20/h6-8,13,18-19H,3-5,9-12,14-15,21H2,1-2H3. The van der Waals surface area contributed by atoms with Gasteiger partial charge in [-0.2, -0.15) is 0 Å². The van der Waals surface area contributed by atoms with Crippen LogP contribution in [0.5, 0.6) is 0 Å². The van der Waals surface area contributed by atoms with Gasteiger partial charge < -0.3 is 10.6 Å². The van der Waals surface area contributed by atoms with Gasteiger partial charge in [0.05, 0.1) is 0 Å². The Bertz CT molecular complexity index is 490. The maximum absolute atomic E-state index is 6.13. The molecule has 1 saturated carbocycles. The Hall–Kier alpha value is -0.860. The van der Waals surface area contributed by atoms with Crippen LogP contribution in [0.2, 0.25) is 0 Å². The fourth-order valence-electron chi connectivity index (χ4n) is 4.61. The van der Waals surface area contributed by atoms with Crippen LogP contribution < -0.4 is 5.73 Å². The van der Waals surface area contributed by atoms with Crippen LogP contribution >= 0.6 is 0 Å². The highest BCUT2D eigenvalue weighted by atomic mass is 15.2. The largest absolute Gasteiger partial charge is 0.326 e. The number of nitrogens with two attached hydrogens (primary N) is 1. The van der Waals surface area contributed by atoms with Crippen molar-refractivity contribution in [2.24, 2.45) is 11.1 Å². The molecule has 2 fully saturated rings. The molecule has 0 amide bonds. The van der Waals surface area contributed by atoms with Gasteiger partial charge in [0.15, 0.2) is 0 Å². The number of hydrogen-bond acceptors (Lipinski definition) is 2. The highest BCUT2D eigenvalue weighted by Crippen LogP contribution is 2.47. The van der Waals surface area contributed by atoms with E-state index in [1.165, 1.54) is 50.8 Å². The minimum atomic E-state index is 0.386. The topological polar surface area (TPSA) is 29.3 Å². The second-order valence-corrected chi connectivity index (χ2v) is 7.99. The number of aryl methyl sites for hydroxylation is 1. The molecule has 1 aliphatic carbocycles. The lowest BCUT2D eigenvalue weighted by atomic mass is 9.65. The van der Waals surface area contributed by atoms with Crippen molar-refractivity contribution in [3.8, 4) is 0 Å². The summed E-state index contributed by atoms with van der Waals surface area (Å²) in [6, 6.07) is 9.61. The summed E-state index contributed by atoms with van der Waals surface area (Å²) in [6.45, 7) is 8.20. The molecule has 2 unspecified atom stereocenters. The van der Waals surface area contributed by atoms with E-state index >= 15 is 0 Å². The Kier molecular flexibility index (Phi) is 4.89. The van der Waals surface area contributed by atoms with Crippen LogP contribution in [0, 0.1) is 12.3 Å². The summed E-state index contributed by atoms with van der Waals surface area (Å²) in [4.78, 5) is 2.61. The van der Waals surface area contributed by atoms with Gasteiger partial charge in [-0.1, -0.05) is 56.0 Å². The van der Waals surface area contributed by atoms with Crippen LogP contribution in [-0.4, -0.2) is 30.6 Å². The second kappa shape index (κ2) is 6.72. The maximum atomic E-state index is 6.13. The number of nitrogens with zero attached hydrogens (tertiary/aromatic N) is 1. The van der Waals surface area contributed by atoms with Gasteiger partial charge in [0, 0.05) is 25.0 Å². The highest BCUT2D eigenvalue weighted by Gasteiger charge is 2.38. The Labute approximate surface area is 136 Å². The van der Waals surface area contributed by atoms with E-state index in [0.29, 0.717) is 17.4 Å². The Morgan fingerprint density at radius 1 is 1.27 bits per heavy atom. The van der Waals surface area contributed by atoms with E-state index in [-0.39, 0.29) is 0 Å². The fourth-order valence-corrected chi connectivity index (χ4v) is 4.61. The van der Waals surface area contributed by atoms with Gasteiger partial charge in [-0.25, -0.2) is 0 Å².